The maximum absolute atomic E-state index is 12.9. The molecule has 1 saturated heterocycles. The second-order valence-corrected chi connectivity index (χ2v) is 9.69. The van der Waals surface area contributed by atoms with Crippen LogP contribution in [-0.2, 0) is 22.7 Å². The maximum Gasteiger partial charge on any atom is 0.255 e. The van der Waals surface area contributed by atoms with Crippen molar-refractivity contribution < 1.29 is 19.1 Å². The average molecular weight is 473 g/mol. The first-order valence-electron chi connectivity index (χ1n) is 12.3. The van der Waals surface area contributed by atoms with Crippen LogP contribution in [0.1, 0.15) is 53.6 Å². The van der Waals surface area contributed by atoms with Gasteiger partial charge in [0.25, 0.3) is 5.91 Å². The van der Waals surface area contributed by atoms with Crippen LogP contribution in [-0.4, -0.2) is 45.8 Å². The quantitative estimate of drug-likeness (QED) is 0.479. The third-order valence-corrected chi connectivity index (χ3v) is 7.42. The molecule has 2 aromatic carbocycles. The van der Waals surface area contributed by atoms with Crippen molar-refractivity contribution in [1.82, 2.24) is 20.5 Å². The summed E-state index contributed by atoms with van der Waals surface area (Å²) in [4.78, 5) is 41.5. The van der Waals surface area contributed by atoms with Crippen molar-refractivity contribution in [2.45, 2.75) is 63.4 Å². The van der Waals surface area contributed by atoms with Crippen LogP contribution < -0.4 is 15.4 Å². The topological polar surface area (TPSA) is 104 Å². The average Bonchev–Trinajstić information content (AvgIpc) is 3.57. The van der Waals surface area contributed by atoms with Gasteiger partial charge in [0.15, 0.2) is 0 Å². The lowest BCUT2D eigenvalue weighted by atomic mass is 10.0. The van der Waals surface area contributed by atoms with Crippen molar-refractivity contribution in [2.75, 3.05) is 0 Å². The number of rotatable bonds is 6. The molecule has 8 nitrogen and oxygen atoms in total. The largest absolute Gasteiger partial charge is 0.489 e. The van der Waals surface area contributed by atoms with E-state index in [0.29, 0.717) is 18.5 Å². The minimum atomic E-state index is -0.606. The molecule has 1 unspecified atom stereocenters. The van der Waals surface area contributed by atoms with Gasteiger partial charge in [0.05, 0.1) is 0 Å². The number of imide groups is 1. The van der Waals surface area contributed by atoms with E-state index in [1.807, 2.05) is 18.3 Å². The second-order valence-electron chi connectivity index (χ2n) is 9.69. The van der Waals surface area contributed by atoms with Gasteiger partial charge in [-0.25, -0.2) is 0 Å². The molecular formula is C27H28N4O4. The fourth-order valence-corrected chi connectivity index (χ4v) is 5.56. The summed E-state index contributed by atoms with van der Waals surface area (Å²) in [5, 5.41) is 7.23. The normalized spacial score (nSPS) is 24.2. The number of nitrogens with zero attached hydrogens (tertiary/aromatic N) is 1. The zero-order chi connectivity index (χ0) is 23.9. The lowest BCUT2D eigenvalue weighted by molar-refractivity contribution is -0.136. The molecule has 35 heavy (non-hydrogen) atoms. The SMILES string of the molecule is O=C1CCC(N2Cc3cc(O[C@H]4CCC[C@H]4NCc4ccc5[nH]ccc5c4)ccc3C2=O)C(=O)N1. The van der Waals surface area contributed by atoms with Crippen LogP contribution >= 0.6 is 0 Å². The molecule has 180 valence electrons. The number of carbonyl (C=O) groups excluding carboxylic acids is 3. The van der Waals surface area contributed by atoms with E-state index in [4.69, 9.17) is 4.74 Å². The van der Waals surface area contributed by atoms with Gasteiger partial charge in [-0.15, -0.1) is 0 Å². The molecule has 2 fully saturated rings. The van der Waals surface area contributed by atoms with Gasteiger partial charge in [-0.05, 0) is 78.6 Å². The van der Waals surface area contributed by atoms with Crippen molar-refractivity contribution in [3.63, 3.8) is 0 Å². The molecule has 0 radical (unpaired) electrons. The Balaban J connectivity index is 1.10. The molecule has 3 aromatic rings. The Bertz CT molecular complexity index is 1320. The van der Waals surface area contributed by atoms with Gasteiger partial charge in [0.1, 0.15) is 17.9 Å². The molecule has 3 aliphatic rings. The predicted octanol–water partition coefficient (Wildman–Crippen LogP) is 3.02. The number of benzene rings is 2. The standard InChI is InChI=1S/C27H28N4O4/c32-25-9-8-23(26(33)30-25)31-15-18-13-19(5-6-20(18)27(31)34)35-24-3-1-2-22(24)29-14-16-4-7-21-17(12-16)10-11-28-21/h4-7,10-13,22-24,28-29H,1-3,8-9,14-15H2,(H,30,32,33)/t22-,23?,24+/m1/s1. The monoisotopic (exact) mass is 472 g/mol. The maximum atomic E-state index is 12.9. The van der Waals surface area contributed by atoms with Crippen LogP contribution in [0.5, 0.6) is 5.75 Å². The van der Waals surface area contributed by atoms with E-state index in [2.05, 4.69) is 39.9 Å². The summed E-state index contributed by atoms with van der Waals surface area (Å²) in [6.07, 6.45) is 5.77. The van der Waals surface area contributed by atoms with Crippen molar-refractivity contribution in [3.8, 4) is 5.75 Å². The number of hydrogen-bond donors (Lipinski definition) is 3. The number of fused-ring (bicyclic) bond motifs is 2. The second kappa shape index (κ2) is 8.85. The van der Waals surface area contributed by atoms with Gasteiger partial charge in [0, 0.05) is 42.8 Å². The van der Waals surface area contributed by atoms with E-state index in [0.717, 1.165) is 42.6 Å². The summed E-state index contributed by atoms with van der Waals surface area (Å²) in [6.45, 7) is 1.14. The summed E-state index contributed by atoms with van der Waals surface area (Å²) in [5.74, 6) is -0.0970. The first kappa shape index (κ1) is 21.9. The van der Waals surface area contributed by atoms with E-state index in [-0.39, 0.29) is 30.4 Å². The highest BCUT2D eigenvalue weighted by Gasteiger charge is 2.39. The molecule has 0 spiro atoms. The number of ether oxygens (including phenoxy) is 1. The number of carbonyl (C=O) groups is 3. The zero-order valence-corrected chi connectivity index (χ0v) is 19.4. The van der Waals surface area contributed by atoms with Gasteiger partial charge < -0.3 is 19.9 Å². The Morgan fingerprint density at radius 2 is 1.94 bits per heavy atom. The zero-order valence-electron chi connectivity index (χ0n) is 19.4. The fraction of sp³-hybridized carbons (Fsp3) is 0.370. The molecule has 8 heteroatoms. The first-order chi connectivity index (χ1) is 17.0. The third-order valence-electron chi connectivity index (χ3n) is 7.42. The Morgan fingerprint density at radius 3 is 2.83 bits per heavy atom. The van der Waals surface area contributed by atoms with Crippen LogP contribution in [0.4, 0.5) is 0 Å². The number of aromatic nitrogens is 1. The van der Waals surface area contributed by atoms with E-state index in [1.54, 1.807) is 11.0 Å². The van der Waals surface area contributed by atoms with Gasteiger partial charge >= 0.3 is 0 Å². The van der Waals surface area contributed by atoms with Gasteiger partial charge in [-0.2, -0.15) is 0 Å². The fourth-order valence-electron chi connectivity index (χ4n) is 5.56. The molecule has 3 atom stereocenters. The summed E-state index contributed by atoms with van der Waals surface area (Å²) in [6, 6.07) is 13.8. The molecule has 2 aliphatic heterocycles. The smallest absolute Gasteiger partial charge is 0.255 e. The van der Waals surface area contributed by atoms with Gasteiger partial charge in [-0.1, -0.05) is 6.07 Å². The number of piperidine rings is 1. The molecular weight excluding hydrogens is 444 g/mol. The van der Waals surface area contributed by atoms with Crippen molar-refractivity contribution in [1.29, 1.82) is 0 Å². The Morgan fingerprint density at radius 1 is 1.03 bits per heavy atom. The lowest BCUT2D eigenvalue weighted by Crippen LogP contribution is -2.52. The molecule has 1 aromatic heterocycles. The van der Waals surface area contributed by atoms with Crippen LogP contribution in [0.15, 0.2) is 48.7 Å². The van der Waals surface area contributed by atoms with E-state index in [1.165, 1.54) is 10.9 Å². The molecule has 1 aliphatic carbocycles. The molecule has 0 bridgehead atoms. The van der Waals surface area contributed by atoms with E-state index < -0.39 is 11.9 Å². The van der Waals surface area contributed by atoms with Crippen LogP contribution in [0.3, 0.4) is 0 Å². The highest BCUT2D eigenvalue weighted by Crippen LogP contribution is 2.32. The third kappa shape index (κ3) is 4.18. The number of aromatic amines is 1. The van der Waals surface area contributed by atoms with Gasteiger partial charge in [-0.3, -0.25) is 19.7 Å². The molecule has 3 heterocycles. The Labute approximate surface area is 203 Å². The van der Waals surface area contributed by atoms with Crippen molar-refractivity contribution >= 4 is 28.6 Å². The Kier molecular flexibility index (Phi) is 5.53. The summed E-state index contributed by atoms with van der Waals surface area (Å²) >= 11 is 0. The highest BCUT2D eigenvalue weighted by molar-refractivity contribution is 6.05. The van der Waals surface area contributed by atoms with Crippen LogP contribution in [0.25, 0.3) is 10.9 Å². The minimum absolute atomic E-state index is 0.0624. The highest BCUT2D eigenvalue weighted by atomic mass is 16.5. The lowest BCUT2D eigenvalue weighted by Gasteiger charge is -2.29. The van der Waals surface area contributed by atoms with Crippen molar-refractivity contribution in [3.05, 3.63) is 65.4 Å². The van der Waals surface area contributed by atoms with Gasteiger partial charge in [0.2, 0.25) is 11.8 Å². The number of hydrogen-bond acceptors (Lipinski definition) is 5. The predicted molar refractivity (Wildman–Crippen MR) is 130 cm³/mol. The summed E-state index contributed by atoms with van der Waals surface area (Å²) in [5.41, 5.74) is 3.84. The molecule has 6 rings (SSSR count). The van der Waals surface area contributed by atoms with Crippen molar-refractivity contribution in [2.24, 2.45) is 0 Å². The summed E-state index contributed by atoms with van der Waals surface area (Å²) in [7, 11) is 0. The molecule has 3 amide bonds. The first-order valence-corrected chi connectivity index (χ1v) is 12.3. The van der Waals surface area contributed by atoms with E-state index in [9.17, 15) is 14.4 Å². The van der Waals surface area contributed by atoms with Crippen LogP contribution in [0.2, 0.25) is 0 Å². The molecule has 3 N–H and O–H groups in total. The Hall–Kier alpha value is -3.65. The number of amides is 3. The van der Waals surface area contributed by atoms with Crippen LogP contribution in [0, 0.1) is 0 Å². The molecule has 1 saturated carbocycles. The van der Waals surface area contributed by atoms with E-state index >= 15 is 0 Å². The number of H-pyrrole nitrogens is 1. The minimum Gasteiger partial charge on any atom is -0.489 e. The summed E-state index contributed by atoms with van der Waals surface area (Å²) < 4.78 is 6.39. The number of nitrogens with one attached hydrogen (secondary N) is 3.